The number of alkyl halides is 3. The number of rotatable bonds is 5. The van der Waals surface area contributed by atoms with Crippen LogP contribution in [-0.2, 0) is 17.4 Å². The van der Waals surface area contributed by atoms with Crippen molar-refractivity contribution >= 4 is 11.9 Å². The third kappa shape index (κ3) is 4.62. The second kappa shape index (κ2) is 7.59. The van der Waals surface area contributed by atoms with Crippen LogP contribution < -0.4 is 5.32 Å². The maximum absolute atomic E-state index is 12.8. The summed E-state index contributed by atoms with van der Waals surface area (Å²) < 4.78 is 38.3. The number of carbonyl (C=O) groups excluding carboxylic acids is 1. The Morgan fingerprint density at radius 2 is 1.65 bits per heavy atom. The molecule has 138 valence electrons. The summed E-state index contributed by atoms with van der Waals surface area (Å²) in [4.78, 5) is 23.8. The molecule has 0 bridgehead atoms. The molecule has 0 unspecified atom stereocenters. The standard InChI is InChI=1S/C19H18F3NO3/c1-11-5-3-6-12(2)15(11)10-16(18(25)26)23-17(24)13-7-4-8-14(9-13)19(20,21)22/h3-9,16H,10H2,1-2H3,(H,23,24)(H,25,26)/t16-/m1/s1. The fraction of sp³-hybridized carbons (Fsp3) is 0.263. The van der Waals surface area contributed by atoms with Gasteiger partial charge in [-0.15, -0.1) is 0 Å². The van der Waals surface area contributed by atoms with Crippen molar-refractivity contribution in [1.82, 2.24) is 5.32 Å². The van der Waals surface area contributed by atoms with Gasteiger partial charge in [0, 0.05) is 12.0 Å². The Bertz CT molecular complexity index is 811. The molecule has 0 heterocycles. The lowest BCUT2D eigenvalue weighted by atomic mass is 9.96. The van der Waals surface area contributed by atoms with Crippen LogP contribution in [0.3, 0.4) is 0 Å². The van der Waals surface area contributed by atoms with Crippen molar-refractivity contribution in [3.05, 3.63) is 70.3 Å². The van der Waals surface area contributed by atoms with E-state index in [9.17, 15) is 27.9 Å². The number of aryl methyl sites for hydroxylation is 2. The number of amides is 1. The number of hydrogen-bond acceptors (Lipinski definition) is 2. The van der Waals surface area contributed by atoms with Gasteiger partial charge in [-0.05, 0) is 48.7 Å². The summed E-state index contributed by atoms with van der Waals surface area (Å²) in [5, 5.41) is 11.7. The van der Waals surface area contributed by atoms with Crippen molar-refractivity contribution in [1.29, 1.82) is 0 Å². The van der Waals surface area contributed by atoms with Crippen LogP contribution in [0.4, 0.5) is 13.2 Å². The SMILES string of the molecule is Cc1cccc(C)c1C[C@@H](NC(=O)c1cccc(C(F)(F)F)c1)C(=O)O. The van der Waals surface area contributed by atoms with E-state index >= 15 is 0 Å². The van der Waals surface area contributed by atoms with Crippen LogP contribution in [0.1, 0.15) is 32.6 Å². The highest BCUT2D eigenvalue weighted by atomic mass is 19.4. The average molecular weight is 365 g/mol. The number of benzene rings is 2. The zero-order valence-corrected chi connectivity index (χ0v) is 14.2. The summed E-state index contributed by atoms with van der Waals surface area (Å²) in [5.74, 6) is -2.12. The monoisotopic (exact) mass is 365 g/mol. The Morgan fingerprint density at radius 1 is 1.08 bits per heavy atom. The van der Waals surface area contributed by atoms with E-state index in [2.05, 4.69) is 5.32 Å². The zero-order valence-electron chi connectivity index (χ0n) is 14.2. The molecule has 0 fully saturated rings. The fourth-order valence-electron chi connectivity index (χ4n) is 2.65. The van der Waals surface area contributed by atoms with E-state index < -0.39 is 29.7 Å². The number of nitrogens with one attached hydrogen (secondary N) is 1. The average Bonchev–Trinajstić information content (AvgIpc) is 2.56. The highest BCUT2D eigenvalue weighted by molar-refractivity contribution is 5.96. The highest BCUT2D eigenvalue weighted by Gasteiger charge is 2.31. The van der Waals surface area contributed by atoms with Crippen LogP contribution in [0.25, 0.3) is 0 Å². The molecule has 0 aliphatic heterocycles. The molecule has 0 saturated carbocycles. The highest BCUT2D eigenvalue weighted by Crippen LogP contribution is 2.29. The first kappa shape index (κ1) is 19.5. The summed E-state index contributed by atoms with van der Waals surface area (Å²) >= 11 is 0. The summed E-state index contributed by atoms with van der Waals surface area (Å²) in [6.45, 7) is 3.66. The van der Waals surface area contributed by atoms with Gasteiger partial charge in [0.15, 0.2) is 0 Å². The van der Waals surface area contributed by atoms with Gasteiger partial charge in [0.25, 0.3) is 5.91 Å². The number of carboxylic acids is 1. The Labute approximate surface area is 148 Å². The third-order valence-corrected chi connectivity index (χ3v) is 4.11. The van der Waals surface area contributed by atoms with Crippen LogP contribution in [0.2, 0.25) is 0 Å². The van der Waals surface area contributed by atoms with Crippen molar-refractivity contribution in [2.45, 2.75) is 32.5 Å². The molecule has 0 spiro atoms. The Hall–Kier alpha value is -2.83. The topological polar surface area (TPSA) is 66.4 Å². The normalized spacial score (nSPS) is 12.5. The predicted molar refractivity (Wildman–Crippen MR) is 90.0 cm³/mol. The van der Waals surface area contributed by atoms with Gasteiger partial charge < -0.3 is 10.4 Å². The van der Waals surface area contributed by atoms with Crippen molar-refractivity contribution in [2.24, 2.45) is 0 Å². The van der Waals surface area contributed by atoms with Crippen molar-refractivity contribution < 1.29 is 27.9 Å². The number of hydrogen-bond donors (Lipinski definition) is 2. The van der Waals surface area contributed by atoms with Crippen LogP contribution in [0.5, 0.6) is 0 Å². The molecule has 0 aliphatic carbocycles. The van der Waals surface area contributed by atoms with Gasteiger partial charge in [-0.25, -0.2) is 4.79 Å². The van der Waals surface area contributed by atoms with Gasteiger partial charge in [0.2, 0.25) is 0 Å². The van der Waals surface area contributed by atoms with Gasteiger partial charge in [-0.2, -0.15) is 13.2 Å². The molecule has 7 heteroatoms. The minimum absolute atomic E-state index is 0.0402. The number of carboxylic acid groups (broad SMARTS) is 1. The molecule has 2 rings (SSSR count). The molecule has 0 saturated heterocycles. The van der Waals surface area contributed by atoms with Crippen LogP contribution >= 0.6 is 0 Å². The fourth-order valence-corrected chi connectivity index (χ4v) is 2.65. The molecule has 2 aromatic carbocycles. The molecule has 2 aromatic rings. The van der Waals surface area contributed by atoms with Crippen LogP contribution in [0, 0.1) is 13.8 Å². The first-order valence-electron chi connectivity index (χ1n) is 7.85. The van der Waals surface area contributed by atoms with E-state index in [4.69, 9.17) is 0 Å². The minimum atomic E-state index is -4.58. The molecule has 1 atom stereocenters. The van der Waals surface area contributed by atoms with E-state index in [0.717, 1.165) is 28.8 Å². The molecule has 26 heavy (non-hydrogen) atoms. The van der Waals surface area contributed by atoms with Gasteiger partial charge in [-0.1, -0.05) is 24.3 Å². The molecular formula is C19H18F3NO3. The maximum atomic E-state index is 12.8. The van der Waals surface area contributed by atoms with Crippen LogP contribution in [0.15, 0.2) is 42.5 Å². The molecule has 1 amide bonds. The molecule has 4 nitrogen and oxygen atoms in total. The summed E-state index contributed by atoms with van der Waals surface area (Å²) in [5.41, 5.74) is 1.33. The summed E-state index contributed by atoms with van der Waals surface area (Å²) in [6.07, 6.45) is -4.54. The number of aliphatic carboxylic acids is 1. The lowest BCUT2D eigenvalue weighted by Crippen LogP contribution is -2.42. The molecular weight excluding hydrogens is 347 g/mol. The van der Waals surface area contributed by atoms with Crippen molar-refractivity contribution in [3.8, 4) is 0 Å². The first-order valence-corrected chi connectivity index (χ1v) is 7.85. The lowest BCUT2D eigenvalue weighted by molar-refractivity contribution is -0.139. The second-order valence-corrected chi connectivity index (χ2v) is 6.02. The molecule has 0 aromatic heterocycles. The van der Waals surface area contributed by atoms with Gasteiger partial charge in [-0.3, -0.25) is 4.79 Å². The number of carbonyl (C=O) groups is 2. The second-order valence-electron chi connectivity index (χ2n) is 6.02. The maximum Gasteiger partial charge on any atom is 0.416 e. The van der Waals surface area contributed by atoms with E-state index in [1.54, 1.807) is 0 Å². The first-order chi connectivity index (χ1) is 12.1. The largest absolute Gasteiger partial charge is 0.480 e. The molecule has 0 radical (unpaired) electrons. The van der Waals surface area contributed by atoms with Crippen molar-refractivity contribution in [3.63, 3.8) is 0 Å². The lowest BCUT2D eigenvalue weighted by Gasteiger charge is -2.18. The Balaban J connectivity index is 2.23. The Morgan fingerprint density at radius 3 is 2.19 bits per heavy atom. The minimum Gasteiger partial charge on any atom is -0.480 e. The summed E-state index contributed by atoms with van der Waals surface area (Å²) in [7, 11) is 0. The smallest absolute Gasteiger partial charge is 0.416 e. The zero-order chi connectivity index (χ0) is 19.5. The number of halogens is 3. The third-order valence-electron chi connectivity index (χ3n) is 4.11. The van der Waals surface area contributed by atoms with Gasteiger partial charge in [0.1, 0.15) is 6.04 Å². The Kier molecular flexibility index (Phi) is 5.69. The predicted octanol–water partition coefficient (Wildman–Crippen LogP) is 3.75. The quantitative estimate of drug-likeness (QED) is 0.848. The van der Waals surface area contributed by atoms with Gasteiger partial charge >= 0.3 is 12.1 Å². The van der Waals surface area contributed by atoms with Gasteiger partial charge in [0.05, 0.1) is 5.56 Å². The molecule has 0 aliphatic rings. The van der Waals surface area contributed by atoms with E-state index in [1.165, 1.54) is 6.07 Å². The van der Waals surface area contributed by atoms with Crippen LogP contribution in [-0.4, -0.2) is 23.0 Å². The van der Waals surface area contributed by atoms with E-state index in [1.807, 2.05) is 32.0 Å². The molecule has 2 N–H and O–H groups in total. The van der Waals surface area contributed by atoms with E-state index in [0.29, 0.717) is 6.07 Å². The van der Waals surface area contributed by atoms with Crippen molar-refractivity contribution in [2.75, 3.05) is 0 Å². The van der Waals surface area contributed by atoms with E-state index in [-0.39, 0.29) is 12.0 Å². The summed E-state index contributed by atoms with van der Waals surface area (Å²) in [6, 6.07) is 8.12.